The fraction of sp³-hybridized carbons (Fsp3) is 0.222. The third-order valence-corrected chi connectivity index (χ3v) is 1.87. The first kappa shape index (κ1) is 12.2. The van der Waals surface area contributed by atoms with Gasteiger partial charge in [0.2, 0.25) is 0 Å². The molecule has 0 aliphatic carbocycles. The Labute approximate surface area is 88.9 Å². The summed E-state index contributed by atoms with van der Waals surface area (Å²) in [5.74, 6) is 0. The van der Waals surface area contributed by atoms with Crippen LogP contribution in [0.3, 0.4) is 0 Å². The van der Waals surface area contributed by atoms with Crippen molar-refractivity contribution in [2.45, 2.75) is 12.7 Å². The third-order valence-electron chi connectivity index (χ3n) is 1.87. The average molecular weight is 234 g/mol. The summed E-state index contributed by atoms with van der Waals surface area (Å²) in [5, 5.41) is 10.2. The monoisotopic (exact) mass is 234 g/mol. The zero-order valence-electron chi connectivity index (χ0n) is 8.01. The Morgan fingerprint density at radius 1 is 1.44 bits per heavy atom. The molecular formula is C9H9F3N2O2. The first-order valence-corrected chi connectivity index (χ1v) is 4.23. The van der Waals surface area contributed by atoms with Crippen molar-refractivity contribution in [2.24, 2.45) is 0 Å². The van der Waals surface area contributed by atoms with Crippen LogP contribution in [0.4, 0.5) is 23.7 Å². The van der Waals surface area contributed by atoms with Gasteiger partial charge in [-0.1, -0.05) is 6.07 Å². The summed E-state index contributed by atoms with van der Waals surface area (Å²) in [6.45, 7) is -0.412. The van der Waals surface area contributed by atoms with Crippen LogP contribution in [-0.4, -0.2) is 11.2 Å². The number of alkyl halides is 3. The number of nitrogen functional groups attached to an aromatic ring is 1. The molecule has 0 heterocycles. The van der Waals surface area contributed by atoms with Gasteiger partial charge in [0.15, 0.2) is 0 Å². The molecule has 1 aromatic rings. The molecule has 0 fully saturated rings. The predicted molar refractivity (Wildman–Crippen MR) is 50.7 cm³/mol. The zero-order valence-corrected chi connectivity index (χ0v) is 8.01. The Balaban J connectivity index is 3.03. The van der Waals surface area contributed by atoms with E-state index >= 15 is 0 Å². The average Bonchev–Trinajstić information content (AvgIpc) is 2.14. The molecular weight excluding hydrogens is 225 g/mol. The van der Waals surface area contributed by atoms with Crippen molar-refractivity contribution in [2.75, 3.05) is 5.73 Å². The maximum atomic E-state index is 12.5. The van der Waals surface area contributed by atoms with Gasteiger partial charge in [-0.15, -0.1) is 0 Å². The van der Waals surface area contributed by atoms with Crippen LogP contribution in [-0.2, 0) is 12.7 Å². The molecule has 1 aromatic carbocycles. The van der Waals surface area contributed by atoms with Gasteiger partial charge in [0.25, 0.3) is 0 Å². The highest BCUT2D eigenvalue weighted by Crippen LogP contribution is 2.33. The summed E-state index contributed by atoms with van der Waals surface area (Å²) in [6.07, 6.45) is -5.94. The second-order valence-corrected chi connectivity index (χ2v) is 3.07. The Bertz CT molecular complexity index is 404. The van der Waals surface area contributed by atoms with Gasteiger partial charge >= 0.3 is 12.3 Å². The molecule has 1 rings (SSSR count). The number of hydrogen-bond acceptors (Lipinski definition) is 2. The van der Waals surface area contributed by atoms with E-state index in [0.29, 0.717) is 0 Å². The zero-order chi connectivity index (χ0) is 12.3. The number of nitrogens with two attached hydrogens (primary N) is 1. The first-order valence-electron chi connectivity index (χ1n) is 4.23. The molecule has 0 spiro atoms. The molecule has 0 unspecified atom stereocenters. The highest BCUT2D eigenvalue weighted by molar-refractivity contribution is 5.64. The molecule has 0 aromatic heterocycles. The molecule has 4 N–H and O–H groups in total. The van der Waals surface area contributed by atoms with Crippen LogP contribution in [0.25, 0.3) is 0 Å². The maximum Gasteiger partial charge on any atom is 0.416 e. The van der Waals surface area contributed by atoms with Gasteiger partial charge in [0.1, 0.15) is 0 Å². The van der Waals surface area contributed by atoms with Crippen molar-refractivity contribution in [1.29, 1.82) is 0 Å². The second-order valence-electron chi connectivity index (χ2n) is 3.07. The molecule has 88 valence electrons. The van der Waals surface area contributed by atoms with E-state index in [1.165, 1.54) is 6.07 Å². The van der Waals surface area contributed by atoms with Gasteiger partial charge in [0.05, 0.1) is 5.56 Å². The molecule has 4 nitrogen and oxygen atoms in total. The SMILES string of the molecule is Nc1ccc(CNC(=O)O)c(C(F)(F)F)c1. The minimum Gasteiger partial charge on any atom is -0.465 e. The Morgan fingerprint density at radius 3 is 2.56 bits per heavy atom. The highest BCUT2D eigenvalue weighted by Gasteiger charge is 2.33. The largest absolute Gasteiger partial charge is 0.465 e. The number of carbonyl (C=O) groups is 1. The smallest absolute Gasteiger partial charge is 0.416 e. The number of carboxylic acid groups (broad SMARTS) is 1. The lowest BCUT2D eigenvalue weighted by Crippen LogP contribution is -2.22. The number of anilines is 1. The molecule has 0 aliphatic heterocycles. The Morgan fingerprint density at radius 2 is 2.06 bits per heavy atom. The van der Waals surface area contributed by atoms with E-state index in [2.05, 4.69) is 0 Å². The Hall–Kier alpha value is -1.92. The maximum absolute atomic E-state index is 12.5. The molecule has 0 saturated heterocycles. The molecule has 0 saturated carbocycles. The second kappa shape index (κ2) is 4.30. The van der Waals surface area contributed by atoms with Gasteiger partial charge in [-0.05, 0) is 17.7 Å². The molecule has 0 atom stereocenters. The summed E-state index contributed by atoms with van der Waals surface area (Å²) in [5.41, 5.74) is 4.13. The fourth-order valence-electron chi connectivity index (χ4n) is 1.18. The number of amides is 1. The number of halogens is 3. The topological polar surface area (TPSA) is 75.3 Å². The molecule has 16 heavy (non-hydrogen) atoms. The standard InChI is InChI=1S/C9H9F3N2O2/c10-9(11,12)7-3-6(13)2-1-5(7)4-14-8(15)16/h1-3,14H,4,13H2,(H,15,16). The minimum absolute atomic E-state index is 0.0219. The number of benzene rings is 1. The van der Waals surface area contributed by atoms with Crippen molar-refractivity contribution in [3.05, 3.63) is 29.3 Å². The van der Waals surface area contributed by atoms with Gasteiger partial charge < -0.3 is 16.2 Å². The van der Waals surface area contributed by atoms with Crippen LogP contribution < -0.4 is 11.1 Å². The highest BCUT2D eigenvalue weighted by atomic mass is 19.4. The van der Waals surface area contributed by atoms with Gasteiger partial charge in [0, 0.05) is 12.2 Å². The predicted octanol–water partition coefficient (Wildman–Crippen LogP) is 2.06. The number of rotatable bonds is 2. The van der Waals surface area contributed by atoms with Crippen LogP contribution >= 0.6 is 0 Å². The van der Waals surface area contributed by atoms with E-state index in [0.717, 1.165) is 12.1 Å². The van der Waals surface area contributed by atoms with E-state index in [1.807, 2.05) is 5.32 Å². The van der Waals surface area contributed by atoms with E-state index in [9.17, 15) is 18.0 Å². The van der Waals surface area contributed by atoms with Crippen molar-refractivity contribution in [1.82, 2.24) is 5.32 Å². The lowest BCUT2D eigenvalue weighted by Gasteiger charge is -2.13. The van der Waals surface area contributed by atoms with E-state index in [-0.39, 0.29) is 11.3 Å². The summed E-state index contributed by atoms with van der Waals surface area (Å²) in [7, 11) is 0. The lowest BCUT2D eigenvalue weighted by atomic mass is 10.1. The molecule has 0 radical (unpaired) electrons. The van der Waals surface area contributed by atoms with Gasteiger partial charge in [-0.2, -0.15) is 13.2 Å². The van der Waals surface area contributed by atoms with Crippen LogP contribution in [0.15, 0.2) is 18.2 Å². The molecule has 7 heteroatoms. The van der Waals surface area contributed by atoms with Crippen molar-refractivity contribution >= 4 is 11.8 Å². The van der Waals surface area contributed by atoms with Crippen LogP contribution in [0.2, 0.25) is 0 Å². The molecule has 0 bridgehead atoms. The van der Waals surface area contributed by atoms with Crippen molar-refractivity contribution in [3.8, 4) is 0 Å². The summed E-state index contributed by atoms with van der Waals surface area (Å²) in [4.78, 5) is 10.2. The fourth-order valence-corrected chi connectivity index (χ4v) is 1.18. The quantitative estimate of drug-likeness (QED) is 0.685. The van der Waals surface area contributed by atoms with E-state index < -0.39 is 24.4 Å². The van der Waals surface area contributed by atoms with Crippen LogP contribution in [0.1, 0.15) is 11.1 Å². The number of nitrogens with one attached hydrogen (secondary N) is 1. The molecule has 1 amide bonds. The normalized spacial score (nSPS) is 11.2. The van der Waals surface area contributed by atoms with Crippen LogP contribution in [0, 0.1) is 0 Å². The van der Waals surface area contributed by atoms with Crippen molar-refractivity contribution in [3.63, 3.8) is 0 Å². The van der Waals surface area contributed by atoms with Gasteiger partial charge in [-0.25, -0.2) is 4.79 Å². The van der Waals surface area contributed by atoms with Gasteiger partial charge in [-0.3, -0.25) is 0 Å². The molecule has 0 aliphatic rings. The van der Waals surface area contributed by atoms with Crippen molar-refractivity contribution < 1.29 is 23.1 Å². The van der Waals surface area contributed by atoms with E-state index in [4.69, 9.17) is 10.8 Å². The van der Waals surface area contributed by atoms with Crippen LogP contribution in [0.5, 0.6) is 0 Å². The number of hydrogen-bond donors (Lipinski definition) is 3. The Kier molecular flexibility index (Phi) is 3.26. The summed E-state index contributed by atoms with van der Waals surface area (Å²) < 4.78 is 37.6. The van der Waals surface area contributed by atoms with E-state index in [1.54, 1.807) is 0 Å². The first-order chi connectivity index (χ1) is 7.30. The third kappa shape index (κ3) is 3.04. The minimum atomic E-state index is -4.55. The summed E-state index contributed by atoms with van der Waals surface area (Å²) >= 11 is 0. The lowest BCUT2D eigenvalue weighted by molar-refractivity contribution is -0.138. The summed E-state index contributed by atoms with van der Waals surface area (Å²) in [6, 6.07) is 3.21.